The van der Waals surface area contributed by atoms with Gasteiger partial charge in [-0.1, -0.05) is 42.0 Å². The molecule has 0 bridgehead atoms. The zero-order valence-electron chi connectivity index (χ0n) is 20.5. The summed E-state index contributed by atoms with van der Waals surface area (Å²) in [5.41, 5.74) is 3.38. The number of fused-ring (bicyclic) bond motifs is 1. The van der Waals surface area contributed by atoms with Crippen molar-refractivity contribution in [2.45, 2.75) is 45.7 Å². The van der Waals surface area contributed by atoms with Crippen LogP contribution in [0.4, 0.5) is 0 Å². The molecule has 0 radical (unpaired) electrons. The van der Waals surface area contributed by atoms with Crippen LogP contribution in [0, 0.1) is 6.92 Å². The quantitative estimate of drug-likeness (QED) is 0.490. The molecule has 1 aliphatic rings. The Kier molecular flexibility index (Phi) is 6.80. The Labute approximate surface area is 206 Å². The summed E-state index contributed by atoms with van der Waals surface area (Å²) in [5.74, 6) is 0.242. The first-order chi connectivity index (χ1) is 16.2. The van der Waals surface area contributed by atoms with E-state index in [9.17, 15) is 9.59 Å². The number of carbonyl (C=O) groups excluding carboxylic acids is 2. The average Bonchev–Trinajstić information content (AvgIpc) is 3.30. The lowest BCUT2D eigenvalue weighted by atomic mass is 9.92. The van der Waals surface area contributed by atoms with Gasteiger partial charge in [-0.2, -0.15) is 0 Å². The first kappa shape index (κ1) is 24.0. The highest BCUT2D eigenvalue weighted by molar-refractivity contribution is 7.10. The van der Waals surface area contributed by atoms with E-state index in [1.807, 2.05) is 37.8 Å². The van der Waals surface area contributed by atoms with Crippen LogP contribution >= 0.6 is 11.3 Å². The number of aryl methyl sites for hydroxylation is 1. The van der Waals surface area contributed by atoms with Gasteiger partial charge in [0.2, 0.25) is 5.91 Å². The molecule has 5 nitrogen and oxygen atoms in total. The number of benzene rings is 2. The molecule has 2 aromatic carbocycles. The lowest BCUT2D eigenvalue weighted by Gasteiger charge is -2.40. The molecule has 34 heavy (non-hydrogen) atoms. The van der Waals surface area contributed by atoms with Crippen molar-refractivity contribution in [3.8, 4) is 5.75 Å². The Morgan fingerprint density at radius 2 is 1.79 bits per heavy atom. The predicted octanol–water partition coefficient (Wildman–Crippen LogP) is 5.48. The summed E-state index contributed by atoms with van der Waals surface area (Å²) in [6, 6.07) is 17.5. The van der Waals surface area contributed by atoms with Crippen LogP contribution in [0.25, 0.3) is 0 Å². The molecule has 4 rings (SSSR count). The van der Waals surface area contributed by atoms with Crippen molar-refractivity contribution in [3.05, 3.63) is 87.1 Å². The van der Waals surface area contributed by atoms with Gasteiger partial charge in [0.25, 0.3) is 5.91 Å². The number of methoxy groups -OCH3 is 1. The van der Waals surface area contributed by atoms with Crippen LogP contribution in [-0.2, 0) is 11.2 Å². The minimum atomic E-state index is -0.545. The highest BCUT2D eigenvalue weighted by Crippen LogP contribution is 2.38. The summed E-state index contributed by atoms with van der Waals surface area (Å²) in [6.07, 6.45) is 0.830. The van der Waals surface area contributed by atoms with Crippen LogP contribution in [0.5, 0.6) is 5.75 Å². The van der Waals surface area contributed by atoms with Gasteiger partial charge < -0.3 is 14.5 Å². The highest BCUT2D eigenvalue weighted by Gasteiger charge is 2.37. The van der Waals surface area contributed by atoms with E-state index in [0.717, 1.165) is 12.0 Å². The smallest absolute Gasteiger partial charge is 0.258 e. The molecule has 1 aromatic heterocycles. The molecule has 178 valence electrons. The molecule has 0 N–H and O–H groups in total. The Bertz CT molecular complexity index is 1180. The molecule has 0 saturated heterocycles. The molecule has 1 unspecified atom stereocenters. The van der Waals surface area contributed by atoms with E-state index in [0.29, 0.717) is 17.9 Å². The molecule has 3 aromatic rings. The summed E-state index contributed by atoms with van der Waals surface area (Å²) in [7, 11) is 1.55. The van der Waals surface area contributed by atoms with Gasteiger partial charge in [0.15, 0.2) is 0 Å². The molecule has 0 spiro atoms. The summed E-state index contributed by atoms with van der Waals surface area (Å²) in [5, 5.41) is 2.10. The van der Waals surface area contributed by atoms with Crippen LogP contribution in [0.3, 0.4) is 0 Å². The van der Waals surface area contributed by atoms with Gasteiger partial charge in [-0.15, -0.1) is 11.3 Å². The van der Waals surface area contributed by atoms with Crippen molar-refractivity contribution >= 4 is 23.2 Å². The minimum Gasteiger partial charge on any atom is -0.496 e. The largest absolute Gasteiger partial charge is 0.496 e. The third-order valence-corrected chi connectivity index (χ3v) is 7.36. The second-order valence-electron chi connectivity index (χ2n) is 9.71. The Morgan fingerprint density at radius 1 is 1.09 bits per heavy atom. The van der Waals surface area contributed by atoms with Crippen molar-refractivity contribution in [2.75, 3.05) is 20.2 Å². The van der Waals surface area contributed by atoms with Crippen molar-refractivity contribution in [2.24, 2.45) is 0 Å². The summed E-state index contributed by atoms with van der Waals surface area (Å²) in [6.45, 7) is 8.57. The number of nitrogens with zero attached hydrogens (tertiary/aromatic N) is 2. The third-order valence-electron chi connectivity index (χ3n) is 6.36. The monoisotopic (exact) mass is 476 g/mol. The van der Waals surface area contributed by atoms with E-state index < -0.39 is 5.54 Å². The summed E-state index contributed by atoms with van der Waals surface area (Å²) >= 11 is 1.75. The number of para-hydroxylation sites is 1. The van der Waals surface area contributed by atoms with Crippen LogP contribution in [0.1, 0.15) is 58.7 Å². The van der Waals surface area contributed by atoms with Gasteiger partial charge in [-0.25, -0.2) is 0 Å². The maximum atomic E-state index is 13.8. The molecule has 2 heterocycles. The van der Waals surface area contributed by atoms with E-state index in [4.69, 9.17) is 4.74 Å². The molecule has 1 aliphatic heterocycles. The van der Waals surface area contributed by atoms with Gasteiger partial charge in [0.05, 0.1) is 18.7 Å². The summed E-state index contributed by atoms with van der Waals surface area (Å²) < 4.78 is 5.42. The third kappa shape index (κ3) is 4.73. The SMILES string of the molecule is COc1ccccc1C(=O)N(CC(=O)N1CCc2sccc2C1c1ccc(C)cc1)C(C)(C)C. The zero-order valence-corrected chi connectivity index (χ0v) is 21.3. The minimum absolute atomic E-state index is 0.00220. The Hall–Kier alpha value is -3.12. The van der Waals surface area contributed by atoms with Crippen molar-refractivity contribution in [3.63, 3.8) is 0 Å². The molecule has 2 amide bonds. The lowest BCUT2D eigenvalue weighted by Crippen LogP contribution is -2.52. The second-order valence-corrected chi connectivity index (χ2v) is 10.7. The van der Waals surface area contributed by atoms with Gasteiger partial charge in [-0.3, -0.25) is 9.59 Å². The maximum absolute atomic E-state index is 13.8. The van der Waals surface area contributed by atoms with E-state index in [1.54, 1.807) is 35.5 Å². The molecule has 0 fully saturated rings. The Morgan fingerprint density at radius 3 is 2.47 bits per heavy atom. The number of carbonyl (C=O) groups is 2. The molecule has 6 heteroatoms. The molecular formula is C28H32N2O3S. The zero-order chi connectivity index (χ0) is 24.5. The van der Waals surface area contributed by atoms with Crippen LogP contribution in [0.2, 0.25) is 0 Å². The second kappa shape index (κ2) is 9.63. The van der Waals surface area contributed by atoms with Gasteiger partial charge in [-0.05, 0) is 68.8 Å². The topological polar surface area (TPSA) is 49.9 Å². The number of hydrogen-bond donors (Lipinski definition) is 0. The fraction of sp³-hybridized carbons (Fsp3) is 0.357. The average molecular weight is 477 g/mol. The number of thiophene rings is 1. The Balaban J connectivity index is 1.67. The van der Waals surface area contributed by atoms with Crippen molar-refractivity contribution in [1.82, 2.24) is 9.80 Å². The van der Waals surface area contributed by atoms with Crippen molar-refractivity contribution in [1.29, 1.82) is 0 Å². The van der Waals surface area contributed by atoms with E-state index in [1.165, 1.54) is 16.0 Å². The highest BCUT2D eigenvalue weighted by atomic mass is 32.1. The van der Waals surface area contributed by atoms with Gasteiger partial charge >= 0.3 is 0 Å². The van der Waals surface area contributed by atoms with Crippen LogP contribution in [-0.4, -0.2) is 47.4 Å². The van der Waals surface area contributed by atoms with E-state index in [-0.39, 0.29) is 24.4 Å². The summed E-state index contributed by atoms with van der Waals surface area (Å²) in [4.78, 5) is 32.4. The van der Waals surface area contributed by atoms with Gasteiger partial charge in [0.1, 0.15) is 12.3 Å². The fourth-order valence-corrected chi connectivity index (χ4v) is 5.40. The first-order valence-electron chi connectivity index (χ1n) is 11.6. The standard InChI is InChI=1S/C28H32N2O3S/c1-19-10-12-20(13-11-19)26-22-15-17-34-24(22)14-16-29(26)25(31)18-30(28(2,3)4)27(32)21-8-6-7-9-23(21)33-5/h6-13,15,17,26H,14,16,18H2,1-5H3. The van der Waals surface area contributed by atoms with E-state index in [2.05, 4.69) is 42.6 Å². The molecule has 0 aliphatic carbocycles. The first-order valence-corrected chi connectivity index (χ1v) is 12.5. The van der Waals surface area contributed by atoms with Gasteiger partial charge in [0, 0.05) is 17.0 Å². The molecule has 1 atom stereocenters. The maximum Gasteiger partial charge on any atom is 0.258 e. The molecule has 0 saturated carbocycles. The van der Waals surface area contributed by atoms with E-state index >= 15 is 0 Å². The number of rotatable bonds is 5. The van der Waals surface area contributed by atoms with Crippen molar-refractivity contribution < 1.29 is 14.3 Å². The predicted molar refractivity (Wildman–Crippen MR) is 137 cm³/mol. The number of hydrogen-bond acceptors (Lipinski definition) is 4. The number of amides is 2. The number of ether oxygens (including phenoxy) is 1. The fourth-order valence-electron chi connectivity index (χ4n) is 4.50. The molecular weight excluding hydrogens is 444 g/mol. The normalized spacial score (nSPS) is 15.6. The van der Waals surface area contributed by atoms with Crippen LogP contribution in [0.15, 0.2) is 60.0 Å². The lowest BCUT2D eigenvalue weighted by molar-refractivity contribution is -0.135. The van der Waals surface area contributed by atoms with Crippen LogP contribution < -0.4 is 4.74 Å².